The first-order valence-electron chi connectivity index (χ1n) is 5.04. The number of aliphatic hydroxyl groups is 2. The van der Waals surface area contributed by atoms with E-state index in [1.807, 2.05) is 0 Å². The summed E-state index contributed by atoms with van der Waals surface area (Å²) in [6.45, 7) is 0.0402. The van der Waals surface area contributed by atoms with Crippen LogP contribution in [0.3, 0.4) is 0 Å². The molecule has 0 saturated heterocycles. The highest BCUT2D eigenvalue weighted by atomic mass is 32.2. The van der Waals surface area contributed by atoms with Crippen molar-refractivity contribution >= 4 is 9.84 Å². The summed E-state index contributed by atoms with van der Waals surface area (Å²) in [5.41, 5.74) is 0.667. The van der Waals surface area contributed by atoms with E-state index in [1.54, 1.807) is 12.1 Å². The molecular weight excluding hydrogens is 228 g/mol. The van der Waals surface area contributed by atoms with Crippen molar-refractivity contribution in [1.82, 2.24) is 0 Å². The lowest BCUT2D eigenvalue weighted by molar-refractivity contribution is 0.152. The first-order chi connectivity index (χ1) is 7.45. The van der Waals surface area contributed by atoms with E-state index in [-0.39, 0.29) is 11.5 Å². The third-order valence-electron chi connectivity index (χ3n) is 2.33. The van der Waals surface area contributed by atoms with Crippen molar-refractivity contribution in [3.05, 3.63) is 29.8 Å². The minimum Gasteiger partial charge on any atom is -0.396 e. The maximum absolute atomic E-state index is 11.2. The Morgan fingerprint density at radius 2 is 1.81 bits per heavy atom. The molecule has 0 saturated carbocycles. The predicted molar refractivity (Wildman–Crippen MR) is 60.8 cm³/mol. The minimum absolute atomic E-state index is 0.0402. The van der Waals surface area contributed by atoms with Gasteiger partial charge in [0.05, 0.1) is 11.0 Å². The van der Waals surface area contributed by atoms with Crippen LogP contribution in [-0.2, 0) is 9.84 Å². The molecule has 0 heterocycles. The van der Waals surface area contributed by atoms with Crippen molar-refractivity contribution in [3.63, 3.8) is 0 Å². The first kappa shape index (κ1) is 13.2. The van der Waals surface area contributed by atoms with Gasteiger partial charge in [-0.3, -0.25) is 0 Å². The van der Waals surface area contributed by atoms with Crippen LogP contribution < -0.4 is 0 Å². The predicted octanol–water partition coefficient (Wildman–Crippen LogP) is 0.896. The minimum atomic E-state index is -3.18. The molecule has 2 N–H and O–H groups in total. The molecular formula is C11H16O4S. The van der Waals surface area contributed by atoms with Crippen molar-refractivity contribution in [1.29, 1.82) is 0 Å². The van der Waals surface area contributed by atoms with E-state index in [0.29, 0.717) is 18.4 Å². The van der Waals surface area contributed by atoms with Gasteiger partial charge in [0.15, 0.2) is 9.84 Å². The molecule has 0 aliphatic rings. The quantitative estimate of drug-likeness (QED) is 0.807. The van der Waals surface area contributed by atoms with Crippen LogP contribution in [-0.4, -0.2) is 31.5 Å². The summed E-state index contributed by atoms with van der Waals surface area (Å²) in [4.78, 5) is 0.241. The fourth-order valence-electron chi connectivity index (χ4n) is 1.39. The topological polar surface area (TPSA) is 74.6 Å². The Balaban J connectivity index is 2.79. The van der Waals surface area contributed by atoms with E-state index in [9.17, 15) is 13.5 Å². The lowest BCUT2D eigenvalue weighted by Gasteiger charge is -2.10. The highest BCUT2D eigenvalue weighted by Gasteiger charge is 2.10. The summed E-state index contributed by atoms with van der Waals surface area (Å²) in [6, 6.07) is 6.15. The van der Waals surface area contributed by atoms with Gasteiger partial charge in [0.2, 0.25) is 0 Å². The van der Waals surface area contributed by atoms with Crippen LogP contribution in [0.25, 0.3) is 0 Å². The van der Waals surface area contributed by atoms with E-state index < -0.39 is 15.9 Å². The van der Waals surface area contributed by atoms with Crippen LogP contribution in [0.15, 0.2) is 29.2 Å². The number of benzene rings is 1. The molecule has 90 valence electrons. The average Bonchev–Trinajstić information content (AvgIpc) is 2.25. The molecule has 0 aromatic heterocycles. The van der Waals surface area contributed by atoms with Gasteiger partial charge < -0.3 is 10.2 Å². The molecule has 0 amide bonds. The third kappa shape index (κ3) is 3.59. The molecule has 0 aliphatic carbocycles. The Bertz CT molecular complexity index is 422. The van der Waals surface area contributed by atoms with Crippen LogP contribution in [0.2, 0.25) is 0 Å². The summed E-state index contributed by atoms with van der Waals surface area (Å²) < 4.78 is 22.4. The molecule has 1 atom stereocenters. The fourth-order valence-corrected chi connectivity index (χ4v) is 2.02. The number of aliphatic hydroxyl groups excluding tert-OH is 2. The zero-order chi connectivity index (χ0) is 12.2. The molecule has 0 fully saturated rings. The van der Waals surface area contributed by atoms with Gasteiger partial charge >= 0.3 is 0 Å². The van der Waals surface area contributed by atoms with Crippen LogP contribution >= 0.6 is 0 Å². The second-order valence-electron chi connectivity index (χ2n) is 3.72. The van der Waals surface area contributed by atoms with Crippen molar-refractivity contribution in [2.45, 2.75) is 23.8 Å². The van der Waals surface area contributed by atoms with E-state index in [1.165, 1.54) is 12.1 Å². The van der Waals surface area contributed by atoms with E-state index in [2.05, 4.69) is 0 Å². The van der Waals surface area contributed by atoms with Crippen molar-refractivity contribution in [2.75, 3.05) is 12.9 Å². The van der Waals surface area contributed by atoms with Gasteiger partial charge in [-0.05, 0) is 30.5 Å². The lowest BCUT2D eigenvalue weighted by Crippen LogP contribution is -2.01. The first-order valence-corrected chi connectivity index (χ1v) is 6.93. The second kappa shape index (κ2) is 5.43. The molecule has 4 nitrogen and oxygen atoms in total. The monoisotopic (exact) mass is 244 g/mol. The molecule has 1 rings (SSSR count). The Morgan fingerprint density at radius 1 is 1.25 bits per heavy atom. The Labute approximate surface area is 95.5 Å². The molecule has 1 aromatic rings. The molecule has 0 bridgehead atoms. The average molecular weight is 244 g/mol. The van der Waals surface area contributed by atoms with Crippen molar-refractivity contribution in [2.24, 2.45) is 0 Å². The highest BCUT2D eigenvalue weighted by Crippen LogP contribution is 2.19. The van der Waals surface area contributed by atoms with Crippen LogP contribution in [0.1, 0.15) is 24.5 Å². The van der Waals surface area contributed by atoms with Crippen molar-refractivity contribution < 1.29 is 18.6 Å². The maximum atomic E-state index is 11.2. The van der Waals surface area contributed by atoms with Crippen LogP contribution in [0.4, 0.5) is 0 Å². The second-order valence-corrected chi connectivity index (χ2v) is 5.74. The number of rotatable bonds is 5. The highest BCUT2D eigenvalue weighted by molar-refractivity contribution is 7.90. The fraction of sp³-hybridized carbons (Fsp3) is 0.455. The Morgan fingerprint density at radius 3 is 2.25 bits per heavy atom. The van der Waals surface area contributed by atoms with Crippen LogP contribution in [0.5, 0.6) is 0 Å². The van der Waals surface area contributed by atoms with Gasteiger partial charge in [0.25, 0.3) is 0 Å². The molecule has 1 aromatic carbocycles. The number of hydrogen-bond acceptors (Lipinski definition) is 4. The molecule has 0 spiro atoms. The summed E-state index contributed by atoms with van der Waals surface area (Å²) in [5.74, 6) is 0. The van der Waals surface area contributed by atoms with Gasteiger partial charge in [-0.2, -0.15) is 0 Å². The smallest absolute Gasteiger partial charge is 0.175 e. The SMILES string of the molecule is CS(=O)(=O)c1ccc(C(O)CCCO)cc1. The van der Waals surface area contributed by atoms with Crippen molar-refractivity contribution in [3.8, 4) is 0 Å². The van der Waals surface area contributed by atoms with E-state index in [0.717, 1.165) is 6.26 Å². The summed E-state index contributed by atoms with van der Waals surface area (Å²) >= 11 is 0. The molecule has 5 heteroatoms. The number of hydrogen-bond donors (Lipinski definition) is 2. The summed E-state index contributed by atoms with van der Waals surface area (Å²) in [7, 11) is -3.18. The summed E-state index contributed by atoms with van der Waals surface area (Å²) in [5, 5.41) is 18.3. The normalized spacial score (nSPS) is 13.7. The van der Waals surface area contributed by atoms with Gasteiger partial charge in [0, 0.05) is 12.9 Å². The van der Waals surface area contributed by atoms with Gasteiger partial charge in [-0.15, -0.1) is 0 Å². The Hall–Kier alpha value is -0.910. The molecule has 16 heavy (non-hydrogen) atoms. The maximum Gasteiger partial charge on any atom is 0.175 e. The van der Waals surface area contributed by atoms with Gasteiger partial charge in [-0.1, -0.05) is 12.1 Å². The summed E-state index contributed by atoms with van der Waals surface area (Å²) in [6.07, 6.45) is 1.48. The third-order valence-corrected chi connectivity index (χ3v) is 3.46. The van der Waals surface area contributed by atoms with Crippen LogP contribution in [0, 0.1) is 0 Å². The molecule has 0 aliphatic heterocycles. The zero-order valence-electron chi connectivity index (χ0n) is 9.13. The van der Waals surface area contributed by atoms with Gasteiger partial charge in [0.1, 0.15) is 0 Å². The Kier molecular flexibility index (Phi) is 4.46. The zero-order valence-corrected chi connectivity index (χ0v) is 9.94. The van der Waals surface area contributed by atoms with E-state index in [4.69, 9.17) is 5.11 Å². The van der Waals surface area contributed by atoms with Gasteiger partial charge in [-0.25, -0.2) is 8.42 Å². The lowest BCUT2D eigenvalue weighted by atomic mass is 10.1. The largest absolute Gasteiger partial charge is 0.396 e. The standard InChI is InChI=1S/C11H16O4S/c1-16(14,15)10-6-4-9(5-7-10)11(13)3-2-8-12/h4-7,11-13H,2-3,8H2,1H3. The van der Waals surface area contributed by atoms with E-state index >= 15 is 0 Å². The molecule has 0 radical (unpaired) electrons. The number of sulfone groups is 1. The molecule has 1 unspecified atom stereocenters.